The molecule has 0 saturated carbocycles. The second kappa shape index (κ2) is 4.78. The van der Waals surface area contributed by atoms with Gasteiger partial charge in [0.05, 0.1) is 5.69 Å². The third-order valence-electron chi connectivity index (χ3n) is 2.84. The summed E-state index contributed by atoms with van der Waals surface area (Å²) in [5, 5.41) is 0. The molecule has 6 heteroatoms. The van der Waals surface area contributed by atoms with Crippen LogP contribution in [0.1, 0.15) is 18.9 Å². The molecule has 94 valence electrons. The zero-order valence-corrected chi connectivity index (χ0v) is 12.0. The third-order valence-corrected chi connectivity index (χ3v) is 3.55. The van der Waals surface area contributed by atoms with E-state index in [9.17, 15) is 9.59 Å². The van der Waals surface area contributed by atoms with Crippen molar-refractivity contribution in [3.63, 3.8) is 0 Å². The second-order valence-electron chi connectivity index (χ2n) is 4.20. The van der Waals surface area contributed by atoms with E-state index in [2.05, 4.69) is 15.9 Å². The van der Waals surface area contributed by atoms with Crippen LogP contribution >= 0.6 is 28.1 Å². The number of carbonyl (C=O) groups is 2. The summed E-state index contributed by atoms with van der Waals surface area (Å²) in [7, 11) is 0. The van der Waals surface area contributed by atoms with Gasteiger partial charge in [-0.2, -0.15) is 0 Å². The summed E-state index contributed by atoms with van der Waals surface area (Å²) in [6, 6.07) is 5.15. The predicted octanol–water partition coefficient (Wildman–Crippen LogP) is 1.98. The number of amides is 2. The maximum absolute atomic E-state index is 12.0. The molecular formula is C12H11BrN2O2S. The molecule has 1 saturated heterocycles. The van der Waals surface area contributed by atoms with Gasteiger partial charge >= 0.3 is 0 Å². The molecule has 1 unspecified atom stereocenters. The minimum absolute atomic E-state index is 0.164. The first-order chi connectivity index (χ1) is 8.41. The van der Waals surface area contributed by atoms with Gasteiger partial charge in [0.1, 0.15) is 4.99 Å². The number of anilines is 1. The molecule has 1 aliphatic heterocycles. The molecule has 1 aromatic rings. The predicted molar refractivity (Wildman–Crippen MR) is 76.3 cm³/mol. The largest absolute Gasteiger partial charge is 0.389 e. The van der Waals surface area contributed by atoms with Crippen molar-refractivity contribution in [1.29, 1.82) is 0 Å². The SMILES string of the molecule is CC1CC(=O)N(c2cc(Br)ccc2C(N)=S)C1=O. The Balaban J connectivity index is 2.56. The van der Waals surface area contributed by atoms with E-state index < -0.39 is 0 Å². The topological polar surface area (TPSA) is 63.4 Å². The van der Waals surface area contributed by atoms with Gasteiger partial charge in [-0.3, -0.25) is 9.59 Å². The second-order valence-corrected chi connectivity index (χ2v) is 5.55. The molecule has 18 heavy (non-hydrogen) atoms. The Morgan fingerprint density at radius 1 is 1.50 bits per heavy atom. The van der Waals surface area contributed by atoms with Crippen molar-refractivity contribution >= 4 is 50.6 Å². The van der Waals surface area contributed by atoms with Crippen LogP contribution < -0.4 is 10.6 Å². The zero-order chi connectivity index (χ0) is 13.4. The summed E-state index contributed by atoms with van der Waals surface area (Å²) in [5.74, 6) is -0.727. The van der Waals surface area contributed by atoms with Gasteiger partial charge in [-0.1, -0.05) is 35.1 Å². The number of thiocarbonyl (C=S) groups is 1. The van der Waals surface area contributed by atoms with Crippen LogP contribution in [0.5, 0.6) is 0 Å². The quantitative estimate of drug-likeness (QED) is 0.666. The Bertz CT molecular complexity index is 559. The molecule has 2 rings (SSSR count). The average molecular weight is 327 g/mol. The van der Waals surface area contributed by atoms with Crippen molar-refractivity contribution < 1.29 is 9.59 Å². The molecule has 4 nitrogen and oxygen atoms in total. The Morgan fingerprint density at radius 3 is 2.67 bits per heavy atom. The Hall–Kier alpha value is -1.27. The van der Waals surface area contributed by atoms with E-state index in [1.807, 2.05) is 0 Å². The van der Waals surface area contributed by atoms with Gasteiger partial charge < -0.3 is 5.73 Å². The maximum Gasteiger partial charge on any atom is 0.237 e. The first-order valence-electron chi connectivity index (χ1n) is 5.38. The summed E-state index contributed by atoms with van der Waals surface area (Å²) in [6.07, 6.45) is 0.224. The molecule has 2 amide bonds. The van der Waals surface area contributed by atoms with Crippen molar-refractivity contribution in [3.8, 4) is 0 Å². The van der Waals surface area contributed by atoms with Gasteiger partial charge in [-0.05, 0) is 18.2 Å². The average Bonchev–Trinajstić information content (AvgIpc) is 2.52. The zero-order valence-electron chi connectivity index (χ0n) is 9.64. The first kappa shape index (κ1) is 13.2. The molecule has 0 spiro atoms. The number of benzene rings is 1. The molecule has 2 N–H and O–H groups in total. The molecule has 1 atom stereocenters. The van der Waals surface area contributed by atoms with Crippen LogP contribution in [0.2, 0.25) is 0 Å². The van der Waals surface area contributed by atoms with Gasteiger partial charge in [0.25, 0.3) is 0 Å². The summed E-state index contributed by atoms with van der Waals surface area (Å²) < 4.78 is 0.762. The van der Waals surface area contributed by atoms with Crippen molar-refractivity contribution in [2.24, 2.45) is 11.7 Å². The lowest BCUT2D eigenvalue weighted by molar-refractivity contribution is -0.122. The van der Waals surface area contributed by atoms with E-state index in [1.54, 1.807) is 25.1 Å². The fourth-order valence-electron chi connectivity index (χ4n) is 1.94. The van der Waals surface area contributed by atoms with Gasteiger partial charge in [-0.25, -0.2) is 4.90 Å². The van der Waals surface area contributed by atoms with E-state index >= 15 is 0 Å². The molecule has 0 radical (unpaired) electrons. The van der Waals surface area contributed by atoms with Crippen LogP contribution in [0.15, 0.2) is 22.7 Å². The molecule has 0 aromatic heterocycles. The highest BCUT2D eigenvalue weighted by Crippen LogP contribution is 2.31. The van der Waals surface area contributed by atoms with Gasteiger partial charge in [0.2, 0.25) is 11.8 Å². The number of halogens is 1. The molecular weight excluding hydrogens is 316 g/mol. The lowest BCUT2D eigenvalue weighted by Crippen LogP contribution is -2.32. The minimum Gasteiger partial charge on any atom is -0.389 e. The van der Waals surface area contributed by atoms with Gasteiger partial charge in [0.15, 0.2) is 0 Å². The standard InChI is InChI=1S/C12H11BrN2O2S/c1-6-4-10(16)15(12(6)17)9-5-7(13)2-3-8(9)11(14)18/h2-3,5-6H,4H2,1H3,(H2,14,18). The van der Waals surface area contributed by atoms with Crippen LogP contribution in [0, 0.1) is 5.92 Å². The highest BCUT2D eigenvalue weighted by molar-refractivity contribution is 9.10. The van der Waals surface area contributed by atoms with Crippen molar-refractivity contribution in [2.45, 2.75) is 13.3 Å². The van der Waals surface area contributed by atoms with Gasteiger partial charge in [0, 0.05) is 22.4 Å². The Morgan fingerprint density at radius 2 is 2.17 bits per heavy atom. The lowest BCUT2D eigenvalue weighted by Gasteiger charge is -2.18. The fourth-order valence-corrected chi connectivity index (χ4v) is 2.46. The summed E-state index contributed by atoms with van der Waals surface area (Å²) >= 11 is 8.26. The summed E-state index contributed by atoms with van der Waals surface area (Å²) in [4.78, 5) is 25.2. The monoisotopic (exact) mass is 326 g/mol. The highest BCUT2D eigenvalue weighted by atomic mass is 79.9. The number of nitrogens with two attached hydrogens (primary N) is 1. The van der Waals surface area contributed by atoms with Crippen LogP contribution in [-0.4, -0.2) is 16.8 Å². The fraction of sp³-hybridized carbons (Fsp3) is 0.250. The van der Waals surface area contributed by atoms with E-state index in [0.29, 0.717) is 11.3 Å². The smallest absolute Gasteiger partial charge is 0.237 e. The number of rotatable bonds is 2. The van der Waals surface area contributed by atoms with E-state index in [0.717, 1.165) is 4.47 Å². The van der Waals surface area contributed by atoms with Crippen LogP contribution in [0.4, 0.5) is 5.69 Å². The molecule has 0 bridgehead atoms. The van der Waals surface area contributed by atoms with Crippen LogP contribution in [-0.2, 0) is 9.59 Å². The van der Waals surface area contributed by atoms with Crippen LogP contribution in [0.25, 0.3) is 0 Å². The maximum atomic E-state index is 12.0. The number of hydrogen-bond acceptors (Lipinski definition) is 3. The van der Waals surface area contributed by atoms with Gasteiger partial charge in [-0.15, -0.1) is 0 Å². The number of imide groups is 1. The Labute approximate surface area is 118 Å². The molecule has 1 heterocycles. The summed E-state index contributed by atoms with van der Waals surface area (Å²) in [6.45, 7) is 1.73. The first-order valence-corrected chi connectivity index (χ1v) is 6.58. The number of nitrogens with zero attached hydrogens (tertiary/aromatic N) is 1. The Kier molecular flexibility index (Phi) is 3.49. The third kappa shape index (κ3) is 2.18. The molecule has 0 aliphatic carbocycles. The lowest BCUT2D eigenvalue weighted by atomic mass is 10.1. The highest BCUT2D eigenvalue weighted by Gasteiger charge is 2.37. The van der Waals surface area contributed by atoms with E-state index in [-0.39, 0.29) is 29.1 Å². The normalized spacial score (nSPS) is 19.4. The minimum atomic E-state index is -0.296. The molecule has 1 aromatic carbocycles. The molecule has 1 fully saturated rings. The van der Waals surface area contributed by atoms with Crippen molar-refractivity contribution in [2.75, 3.05) is 4.90 Å². The van der Waals surface area contributed by atoms with E-state index in [1.165, 1.54) is 4.90 Å². The molecule has 1 aliphatic rings. The van der Waals surface area contributed by atoms with E-state index in [4.69, 9.17) is 18.0 Å². The van der Waals surface area contributed by atoms with Crippen LogP contribution in [0.3, 0.4) is 0 Å². The van der Waals surface area contributed by atoms with Crippen molar-refractivity contribution in [3.05, 3.63) is 28.2 Å². The summed E-state index contributed by atoms with van der Waals surface area (Å²) in [5.41, 5.74) is 6.61. The number of hydrogen-bond donors (Lipinski definition) is 1. The van der Waals surface area contributed by atoms with Crippen molar-refractivity contribution in [1.82, 2.24) is 0 Å². The number of carbonyl (C=O) groups excluding carboxylic acids is 2.